The Kier molecular flexibility index (Phi) is 6.01. The van der Waals surface area contributed by atoms with Gasteiger partial charge in [-0.25, -0.2) is 0 Å². The fraction of sp³-hybridized carbons (Fsp3) is 0.533. The zero-order valence-corrected chi connectivity index (χ0v) is 13.3. The lowest BCUT2D eigenvalue weighted by Crippen LogP contribution is -2.50. The van der Waals surface area contributed by atoms with E-state index in [1.54, 1.807) is 6.92 Å². The Bertz CT molecular complexity index is 419. The zero-order valence-electron chi connectivity index (χ0n) is 11.7. The van der Waals surface area contributed by atoms with Crippen LogP contribution in [0, 0.1) is 0 Å². The maximum atomic E-state index is 11.5. The summed E-state index contributed by atoms with van der Waals surface area (Å²) in [6, 6.07) is 8.08. The number of carboxylic acid groups (broad SMARTS) is 1. The number of carbonyl (C=O) groups is 1. The Morgan fingerprint density at radius 3 is 2.37 bits per heavy atom. The van der Waals surface area contributed by atoms with E-state index in [2.05, 4.69) is 28.2 Å². The van der Waals surface area contributed by atoms with Crippen LogP contribution < -0.4 is 5.32 Å². The van der Waals surface area contributed by atoms with E-state index in [1.807, 2.05) is 31.2 Å². The lowest BCUT2D eigenvalue weighted by atomic mass is 9.92. The van der Waals surface area contributed by atoms with E-state index in [-0.39, 0.29) is 6.04 Å². The first-order chi connectivity index (χ1) is 8.92. The molecule has 2 atom stereocenters. The van der Waals surface area contributed by atoms with Gasteiger partial charge in [-0.3, -0.25) is 10.1 Å². The van der Waals surface area contributed by atoms with Gasteiger partial charge >= 0.3 is 5.97 Å². The molecule has 0 bridgehead atoms. The molecule has 2 unspecified atom stereocenters. The molecule has 1 aromatic carbocycles. The Balaban J connectivity index is 2.91. The standard InChI is InChI=1S/C15H22BrNO2/c1-4-10-15(3,14(18)19)17-13(5-2)11-6-8-12(16)9-7-11/h6-9,13,17H,4-5,10H2,1-3H3,(H,18,19). The highest BCUT2D eigenvalue weighted by Gasteiger charge is 2.34. The molecular formula is C15H22BrNO2. The van der Waals surface area contributed by atoms with Crippen LogP contribution >= 0.6 is 15.9 Å². The van der Waals surface area contributed by atoms with Crippen molar-refractivity contribution in [3.05, 3.63) is 34.3 Å². The second kappa shape index (κ2) is 7.06. The largest absolute Gasteiger partial charge is 0.480 e. The predicted molar refractivity (Wildman–Crippen MR) is 81.3 cm³/mol. The van der Waals surface area contributed by atoms with Crippen LogP contribution in [0.2, 0.25) is 0 Å². The summed E-state index contributed by atoms with van der Waals surface area (Å²) in [6.07, 6.45) is 2.32. The predicted octanol–water partition coefficient (Wildman–Crippen LogP) is 4.13. The van der Waals surface area contributed by atoms with Gasteiger partial charge in [0.2, 0.25) is 0 Å². The number of carboxylic acids is 1. The minimum Gasteiger partial charge on any atom is -0.480 e. The molecule has 1 aromatic rings. The van der Waals surface area contributed by atoms with E-state index in [0.717, 1.165) is 22.9 Å². The van der Waals surface area contributed by atoms with E-state index >= 15 is 0 Å². The number of hydrogen-bond donors (Lipinski definition) is 2. The molecule has 3 nitrogen and oxygen atoms in total. The van der Waals surface area contributed by atoms with Crippen LogP contribution in [0.1, 0.15) is 51.6 Å². The lowest BCUT2D eigenvalue weighted by molar-refractivity contribution is -0.144. The average Bonchev–Trinajstić information content (AvgIpc) is 2.37. The van der Waals surface area contributed by atoms with E-state index in [4.69, 9.17) is 0 Å². The third kappa shape index (κ3) is 4.32. The first-order valence-electron chi connectivity index (χ1n) is 6.69. The van der Waals surface area contributed by atoms with Crippen molar-refractivity contribution in [2.24, 2.45) is 0 Å². The minimum atomic E-state index is -0.873. The van der Waals surface area contributed by atoms with Crippen LogP contribution in [0.5, 0.6) is 0 Å². The maximum absolute atomic E-state index is 11.5. The molecule has 0 aliphatic rings. The number of benzene rings is 1. The highest BCUT2D eigenvalue weighted by molar-refractivity contribution is 9.10. The second-order valence-corrected chi connectivity index (χ2v) is 5.96. The van der Waals surface area contributed by atoms with Crippen molar-refractivity contribution in [1.82, 2.24) is 5.32 Å². The first kappa shape index (κ1) is 16.2. The van der Waals surface area contributed by atoms with E-state index in [0.29, 0.717) is 6.42 Å². The van der Waals surface area contributed by atoms with Crippen molar-refractivity contribution in [2.45, 2.75) is 51.6 Å². The number of halogens is 1. The van der Waals surface area contributed by atoms with Gasteiger partial charge in [0.15, 0.2) is 0 Å². The molecule has 0 amide bonds. The highest BCUT2D eigenvalue weighted by Crippen LogP contribution is 2.24. The average molecular weight is 328 g/mol. The van der Waals surface area contributed by atoms with Gasteiger partial charge in [-0.15, -0.1) is 0 Å². The van der Waals surface area contributed by atoms with Crippen LogP contribution in [-0.4, -0.2) is 16.6 Å². The Labute approximate surface area is 123 Å². The molecule has 0 aliphatic carbocycles. The second-order valence-electron chi connectivity index (χ2n) is 5.04. The third-order valence-corrected chi connectivity index (χ3v) is 3.92. The van der Waals surface area contributed by atoms with Crippen molar-refractivity contribution in [3.8, 4) is 0 Å². The molecule has 0 radical (unpaired) electrons. The fourth-order valence-electron chi connectivity index (χ4n) is 2.24. The molecule has 0 heterocycles. The number of rotatable bonds is 7. The molecule has 19 heavy (non-hydrogen) atoms. The molecule has 0 fully saturated rings. The van der Waals surface area contributed by atoms with Gasteiger partial charge in [0.05, 0.1) is 0 Å². The van der Waals surface area contributed by atoms with Gasteiger partial charge in [0, 0.05) is 10.5 Å². The Hall–Kier alpha value is -0.870. The summed E-state index contributed by atoms with van der Waals surface area (Å²) in [6.45, 7) is 5.83. The molecule has 2 N–H and O–H groups in total. The smallest absolute Gasteiger partial charge is 0.323 e. The third-order valence-electron chi connectivity index (χ3n) is 3.40. The molecule has 0 saturated carbocycles. The normalized spacial score (nSPS) is 15.8. The molecule has 1 rings (SSSR count). The Morgan fingerprint density at radius 1 is 1.37 bits per heavy atom. The molecule has 106 valence electrons. The topological polar surface area (TPSA) is 49.3 Å². The number of hydrogen-bond acceptors (Lipinski definition) is 2. The molecule has 0 aromatic heterocycles. The van der Waals surface area contributed by atoms with E-state index in [1.165, 1.54) is 0 Å². The van der Waals surface area contributed by atoms with Crippen molar-refractivity contribution in [1.29, 1.82) is 0 Å². The highest BCUT2D eigenvalue weighted by atomic mass is 79.9. The van der Waals surface area contributed by atoms with Crippen LogP contribution in [-0.2, 0) is 4.79 Å². The quantitative estimate of drug-likeness (QED) is 0.791. The minimum absolute atomic E-state index is 0.0562. The van der Waals surface area contributed by atoms with Gasteiger partial charge in [0.1, 0.15) is 5.54 Å². The summed E-state index contributed by atoms with van der Waals surface area (Å²) in [7, 11) is 0. The summed E-state index contributed by atoms with van der Waals surface area (Å²) < 4.78 is 1.03. The first-order valence-corrected chi connectivity index (χ1v) is 7.48. The van der Waals surface area contributed by atoms with Crippen LogP contribution in [0.25, 0.3) is 0 Å². The summed E-state index contributed by atoms with van der Waals surface area (Å²) in [5.74, 6) is -0.787. The van der Waals surface area contributed by atoms with Gasteiger partial charge < -0.3 is 5.11 Å². The summed E-state index contributed by atoms with van der Waals surface area (Å²) >= 11 is 3.41. The molecule has 0 saturated heterocycles. The summed E-state index contributed by atoms with van der Waals surface area (Å²) in [5.41, 5.74) is 0.247. The van der Waals surface area contributed by atoms with Gasteiger partial charge in [-0.05, 0) is 37.5 Å². The maximum Gasteiger partial charge on any atom is 0.323 e. The molecule has 4 heteroatoms. The molecule has 0 spiro atoms. The van der Waals surface area contributed by atoms with Crippen molar-refractivity contribution < 1.29 is 9.90 Å². The van der Waals surface area contributed by atoms with E-state index in [9.17, 15) is 9.90 Å². The SMILES string of the molecule is CCCC(C)(NC(CC)c1ccc(Br)cc1)C(=O)O. The van der Waals surface area contributed by atoms with Crippen LogP contribution in [0.4, 0.5) is 0 Å². The number of aliphatic carboxylic acids is 1. The van der Waals surface area contributed by atoms with Gasteiger partial charge in [-0.2, -0.15) is 0 Å². The summed E-state index contributed by atoms with van der Waals surface area (Å²) in [4.78, 5) is 11.5. The van der Waals surface area contributed by atoms with Crippen LogP contribution in [0.15, 0.2) is 28.7 Å². The zero-order chi connectivity index (χ0) is 14.5. The Morgan fingerprint density at radius 2 is 1.95 bits per heavy atom. The summed E-state index contributed by atoms with van der Waals surface area (Å²) in [5, 5.41) is 12.7. The van der Waals surface area contributed by atoms with Crippen LogP contribution in [0.3, 0.4) is 0 Å². The van der Waals surface area contributed by atoms with Crippen molar-refractivity contribution >= 4 is 21.9 Å². The van der Waals surface area contributed by atoms with Crippen molar-refractivity contribution in [2.75, 3.05) is 0 Å². The molecular weight excluding hydrogens is 306 g/mol. The number of nitrogens with one attached hydrogen (secondary N) is 1. The molecule has 0 aliphatic heterocycles. The van der Waals surface area contributed by atoms with Gasteiger partial charge in [0.25, 0.3) is 0 Å². The van der Waals surface area contributed by atoms with Crippen molar-refractivity contribution in [3.63, 3.8) is 0 Å². The van der Waals surface area contributed by atoms with E-state index < -0.39 is 11.5 Å². The monoisotopic (exact) mass is 327 g/mol. The fourth-order valence-corrected chi connectivity index (χ4v) is 2.51. The lowest BCUT2D eigenvalue weighted by Gasteiger charge is -2.31. The van der Waals surface area contributed by atoms with Gasteiger partial charge in [-0.1, -0.05) is 48.3 Å².